The van der Waals surface area contributed by atoms with Crippen LogP contribution in [0.2, 0.25) is 0 Å². The average molecular weight is 214 g/mol. The molecule has 0 atom stereocenters. The number of rotatable bonds is 4. The summed E-state index contributed by atoms with van der Waals surface area (Å²) < 4.78 is 26.2. The van der Waals surface area contributed by atoms with Gasteiger partial charge in [0.25, 0.3) is 0 Å². The molecule has 0 heterocycles. The van der Waals surface area contributed by atoms with Gasteiger partial charge < -0.3 is 0 Å². The zero-order valence-corrected chi connectivity index (χ0v) is 8.83. The number of halogens is 2. The molecule has 0 unspecified atom stereocenters. The molecule has 1 aromatic rings. The second kappa shape index (κ2) is 5.15. The van der Waals surface area contributed by atoms with Gasteiger partial charge in [0.05, 0.1) is 0 Å². The first-order valence-corrected chi connectivity index (χ1v) is 5.41. The highest BCUT2D eigenvalue weighted by atomic mass is 32.2. The Hall–Kier alpha value is -0.830. The van der Waals surface area contributed by atoms with Gasteiger partial charge in [0.15, 0.2) is 0 Å². The van der Waals surface area contributed by atoms with E-state index >= 15 is 0 Å². The summed E-state index contributed by atoms with van der Waals surface area (Å²) in [6, 6.07) is 3.93. The molecule has 0 N–H and O–H groups in total. The van der Waals surface area contributed by atoms with Crippen LogP contribution >= 0.6 is 11.8 Å². The van der Waals surface area contributed by atoms with Crippen LogP contribution in [-0.4, -0.2) is 5.75 Å². The second-order valence-electron chi connectivity index (χ2n) is 3.15. The lowest BCUT2D eigenvalue weighted by Crippen LogP contribution is -1.93. The maximum absolute atomic E-state index is 13.1. The molecule has 0 saturated carbocycles. The highest BCUT2D eigenvalue weighted by Crippen LogP contribution is 2.19. The normalized spacial score (nSPS) is 10.2. The van der Waals surface area contributed by atoms with Crippen molar-refractivity contribution in [3.05, 3.63) is 47.5 Å². The molecule has 0 fully saturated rings. The Morgan fingerprint density at radius 1 is 1.36 bits per heavy atom. The molecule has 0 radical (unpaired) electrons. The lowest BCUT2D eigenvalue weighted by atomic mass is 10.2. The van der Waals surface area contributed by atoms with Gasteiger partial charge in [-0.1, -0.05) is 18.2 Å². The van der Waals surface area contributed by atoms with Crippen LogP contribution < -0.4 is 0 Å². The summed E-state index contributed by atoms with van der Waals surface area (Å²) in [6.07, 6.45) is 0. The summed E-state index contributed by atoms with van der Waals surface area (Å²) in [4.78, 5) is 0. The van der Waals surface area contributed by atoms with Gasteiger partial charge in [0.1, 0.15) is 11.6 Å². The highest BCUT2D eigenvalue weighted by molar-refractivity contribution is 7.98. The summed E-state index contributed by atoms with van der Waals surface area (Å²) in [5, 5.41) is 0. The van der Waals surface area contributed by atoms with E-state index in [2.05, 4.69) is 6.58 Å². The van der Waals surface area contributed by atoms with Gasteiger partial charge >= 0.3 is 0 Å². The van der Waals surface area contributed by atoms with Gasteiger partial charge in [-0.05, 0) is 19.1 Å². The van der Waals surface area contributed by atoms with E-state index in [4.69, 9.17) is 0 Å². The fourth-order valence-electron chi connectivity index (χ4n) is 0.998. The van der Waals surface area contributed by atoms with Gasteiger partial charge in [-0.25, -0.2) is 8.78 Å². The van der Waals surface area contributed by atoms with Crippen LogP contribution in [-0.2, 0) is 5.75 Å². The SMILES string of the molecule is C=C(C)CSCc1c(F)cccc1F. The van der Waals surface area contributed by atoms with Crippen molar-refractivity contribution in [1.29, 1.82) is 0 Å². The monoisotopic (exact) mass is 214 g/mol. The summed E-state index contributed by atoms with van der Waals surface area (Å²) >= 11 is 1.46. The lowest BCUT2D eigenvalue weighted by Gasteiger charge is -2.04. The van der Waals surface area contributed by atoms with Crippen LogP contribution in [0.15, 0.2) is 30.4 Å². The van der Waals surface area contributed by atoms with E-state index in [1.807, 2.05) is 6.92 Å². The third-order valence-corrected chi connectivity index (χ3v) is 2.85. The van der Waals surface area contributed by atoms with Crippen molar-refractivity contribution >= 4 is 11.8 Å². The fourth-order valence-corrected chi connectivity index (χ4v) is 1.93. The molecular formula is C11H12F2S. The topological polar surface area (TPSA) is 0 Å². The van der Waals surface area contributed by atoms with E-state index in [0.29, 0.717) is 5.75 Å². The minimum Gasteiger partial charge on any atom is -0.207 e. The van der Waals surface area contributed by atoms with Crippen LogP contribution in [0.4, 0.5) is 8.78 Å². The zero-order chi connectivity index (χ0) is 10.6. The van der Waals surface area contributed by atoms with Gasteiger partial charge in [0, 0.05) is 17.1 Å². The summed E-state index contributed by atoms with van der Waals surface area (Å²) in [5.74, 6) is 0.137. The van der Waals surface area contributed by atoms with E-state index < -0.39 is 11.6 Å². The molecule has 1 aromatic carbocycles. The third kappa shape index (κ3) is 3.14. The van der Waals surface area contributed by atoms with Crippen molar-refractivity contribution in [3.8, 4) is 0 Å². The summed E-state index contributed by atoms with van der Waals surface area (Å²) in [7, 11) is 0. The smallest absolute Gasteiger partial charge is 0.130 e. The van der Waals surface area contributed by atoms with E-state index in [-0.39, 0.29) is 5.56 Å². The average Bonchev–Trinajstić information content (AvgIpc) is 2.09. The minimum absolute atomic E-state index is 0.152. The molecule has 0 aromatic heterocycles. The lowest BCUT2D eigenvalue weighted by molar-refractivity contribution is 0.566. The quantitative estimate of drug-likeness (QED) is 0.687. The molecule has 1 rings (SSSR count). The van der Waals surface area contributed by atoms with Crippen molar-refractivity contribution in [2.45, 2.75) is 12.7 Å². The molecule has 0 bridgehead atoms. The molecule has 0 saturated heterocycles. The van der Waals surface area contributed by atoms with E-state index in [1.165, 1.54) is 30.0 Å². The standard InChI is InChI=1S/C11H12F2S/c1-8(2)6-14-7-9-10(12)4-3-5-11(9)13/h3-5H,1,6-7H2,2H3. The molecule has 0 amide bonds. The summed E-state index contributed by atoms with van der Waals surface area (Å²) in [5.41, 5.74) is 1.16. The number of benzene rings is 1. The van der Waals surface area contributed by atoms with Crippen molar-refractivity contribution in [2.75, 3.05) is 5.75 Å². The van der Waals surface area contributed by atoms with Gasteiger partial charge in [-0.15, -0.1) is 0 Å². The van der Waals surface area contributed by atoms with Gasteiger partial charge in [-0.2, -0.15) is 11.8 Å². The van der Waals surface area contributed by atoms with Gasteiger partial charge in [-0.3, -0.25) is 0 Å². The fraction of sp³-hybridized carbons (Fsp3) is 0.273. The first-order valence-electron chi connectivity index (χ1n) is 4.26. The van der Waals surface area contributed by atoms with Crippen molar-refractivity contribution in [1.82, 2.24) is 0 Å². The molecule has 76 valence electrons. The van der Waals surface area contributed by atoms with Gasteiger partial charge in [0.2, 0.25) is 0 Å². The van der Waals surface area contributed by atoms with E-state index in [0.717, 1.165) is 11.3 Å². The van der Waals surface area contributed by atoms with Crippen molar-refractivity contribution in [3.63, 3.8) is 0 Å². The van der Waals surface area contributed by atoms with E-state index in [1.54, 1.807) is 0 Å². The van der Waals surface area contributed by atoms with Crippen LogP contribution in [0, 0.1) is 11.6 Å². The Kier molecular flexibility index (Phi) is 4.14. The third-order valence-electron chi connectivity index (χ3n) is 1.66. The van der Waals surface area contributed by atoms with Crippen LogP contribution in [0.5, 0.6) is 0 Å². The summed E-state index contributed by atoms with van der Waals surface area (Å²) in [6.45, 7) is 5.62. The highest BCUT2D eigenvalue weighted by Gasteiger charge is 2.07. The minimum atomic E-state index is -0.473. The maximum atomic E-state index is 13.1. The molecule has 0 aliphatic heterocycles. The molecule has 3 heteroatoms. The first kappa shape index (κ1) is 11.2. The first-order chi connectivity index (χ1) is 6.61. The molecule has 0 nitrogen and oxygen atoms in total. The van der Waals surface area contributed by atoms with E-state index in [9.17, 15) is 8.78 Å². The number of hydrogen-bond donors (Lipinski definition) is 0. The molecule has 0 aliphatic carbocycles. The Bertz CT molecular complexity index is 314. The Labute approximate surface area is 87.0 Å². The molecular weight excluding hydrogens is 202 g/mol. The number of thioether (sulfide) groups is 1. The molecule has 0 spiro atoms. The zero-order valence-electron chi connectivity index (χ0n) is 8.02. The van der Waals surface area contributed by atoms with Crippen LogP contribution in [0.25, 0.3) is 0 Å². The maximum Gasteiger partial charge on any atom is 0.130 e. The number of hydrogen-bond acceptors (Lipinski definition) is 1. The Morgan fingerprint density at radius 2 is 1.93 bits per heavy atom. The molecule has 14 heavy (non-hydrogen) atoms. The van der Waals surface area contributed by atoms with Crippen molar-refractivity contribution < 1.29 is 8.78 Å². The Morgan fingerprint density at radius 3 is 2.43 bits per heavy atom. The van der Waals surface area contributed by atoms with Crippen molar-refractivity contribution in [2.24, 2.45) is 0 Å². The van der Waals surface area contributed by atoms with Crippen LogP contribution in [0.3, 0.4) is 0 Å². The predicted octanol–water partition coefficient (Wildman–Crippen LogP) is 3.77. The Balaban J connectivity index is 2.62. The largest absolute Gasteiger partial charge is 0.207 e. The second-order valence-corrected chi connectivity index (χ2v) is 4.14. The molecule has 0 aliphatic rings. The predicted molar refractivity (Wildman–Crippen MR) is 57.3 cm³/mol. The van der Waals surface area contributed by atoms with Crippen LogP contribution in [0.1, 0.15) is 12.5 Å².